The number of piperidine rings is 1. The van der Waals surface area contributed by atoms with E-state index < -0.39 is 0 Å². The summed E-state index contributed by atoms with van der Waals surface area (Å²) in [5.74, 6) is 0.312. The molecular weight excluding hydrogens is 343 g/mol. The molecule has 0 aromatic heterocycles. The minimum Gasteiger partial charge on any atom is -0.336 e. The Kier molecular flexibility index (Phi) is 7.98. The third-order valence-electron chi connectivity index (χ3n) is 3.89. The molecule has 1 unspecified atom stereocenters. The summed E-state index contributed by atoms with van der Waals surface area (Å²) in [4.78, 5) is 14.7. The van der Waals surface area contributed by atoms with Gasteiger partial charge in [-0.25, -0.2) is 0 Å². The molecule has 1 aromatic carbocycles. The summed E-state index contributed by atoms with van der Waals surface area (Å²) in [5, 5.41) is 4.38. The summed E-state index contributed by atoms with van der Waals surface area (Å²) in [6.07, 6.45) is 2.03. The summed E-state index contributed by atoms with van der Waals surface area (Å²) in [5.41, 5.74) is 1.01. The van der Waals surface area contributed by atoms with Crippen molar-refractivity contribution >= 4 is 41.5 Å². The van der Waals surface area contributed by atoms with Crippen LogP contribution >= 0.6 is 35.6 Å². The van der Waals surface area contributed by atoms with Crippen LogP contribution in [0.1, 0.15) is 32.3 Å². The molecule has 1 N–H and O–H groups in total. The summed E-state index contributed by atoms with van der Waals surface area (Å²) in [6.45, 7) is 6.46. The first kappa shape index (κ1) is 19.6. The van der Waals surface area contributed by atoms with Gasteiger partial charge in [-0.2, -0.15) is 0 Å². The second-order valence-corrected chi connectivity index (χ2v) is 6.67. The zero-order chi connectivity index (χ0) is 15.4. The Morgan fingerprint density at radius 1 is 1.36 bits per heavy atom. The first-order chi connectivity index (χ1) is 9.99. The van der Waals surface area contributed by atoms with Crippen LogP contribution in [0, 0.1) is 5.92 Å². The van der Waals surface area contributed by atoms with E-state index in [0.717, 1.165) is 31.5 Å². The van der Waals surface area contributed by atoms with Crippen molar-refractivity contribution in [1.82, 2.24) is 10.2 Å². The number of rotatable bonds is 4. The van der Waals surface area contributed by atoms with E-state index in [1.165, 1.54) is 0 Å². The van der Waals surface area contributed by atoms with E-state index in [0.29, 0.717) is 16.6 Å². The van der Waals surface area contributed by atoms with Gasteiger partial charge in [0.15, 0.2) is 0 Å². The predicted octanol–water partition coefficient (Wildman–Crippen LogP) is 4.15. The van der Waals surface area contributed by atoms with E-state index in [1.54, 1.807) is 6.07 Å². The van der Waals surface area contributed by atoms with Crippen LogP contribution in [0.3, 0.4) is 0 Å². The Hall–Kier alpha value is -0.480. The van der Waals surface area contributed by atoms with Gasteiger partial charge in [-0.15, -0.1) is 12.4 Å². The van der Waals surface area contributed by atoms with Gasteiger partial charge in [0, 0.05) is 19.1 Å². The lowest BCUT2D eigenvalue weighted by Gasteiger charge is -2.32. The highest BCUT2D eigenvalue weighted by molar-refractivity contribution is 6.42. The van der Waals surface area contributed by atoms with E-state index >= 15 is 0 Å². The van der Waals surface area contributed by atoms with E-state index in [9.17, 15) is 4.79 Å². The van der Waals surface area contributed by atoms with Crippen molar-refractivity contribution in [2.24, 2.45) is 5.92 Å². The van der Waals surface area contributed by atoms with E-state index in [-0.39, 0.29) is 30.3 Å². The van der Waals surface area contributed by atoms with Crippen LogP contribution in [-0.2, 0) is 11.3 Å². The van der Waals surface area contributed by atoms with Gasteiger partial charge in [0.25, 0.3) is 0 Å². The van der Waals surface area contributed by atoms with Gasteiger partial charge >= 0.3 is 0 Å². The summed E-state index contributed by atoms with van der Waals surface area (Å²) >= 11 is 12.0. The van der Waals surface area contributed by atoms with Crippen LogP contribution in [0.4, 0.5) is 0 Å². The van der Waals surface area contributed by atoms with Crippen LogP contribution in [0.15, 0.2) is 18.2 Å². The highest BCUT2D eigenvalue weighted by Crippen LogP contribution is 2.24. The molecule has 0 spiro atoms. The first-order valence-corrected chi connectivity index (χ1v) is 8.19. The minimum atomic E-state index is 0. The number of hydrogen-bond acceptors (Lipinski definition) is 2. The van der Waals surface area contributed by atoms with Gasteiger partial charge in [0.1, 0.15) is 0 Å². The molecule has 2 rings (SSSR count). The van der Waals surface area contributed by atoms with Crippen molar-refractivity contribution in [3.8, 4) is 0 Å². The number of benzene rings is 1. The number of halogens is 3. The quantitative estimate of drug-likeness (QED) is 0.869. The second kappa shape index (κ2) is 8.97. The molecule has 0 radical (unpaired) electrons. The average Bonchev–Trinajstić information content (AvgIpc) is 2.48. The number of nitrogens with one attached hydrogen (secondary N) is 1. The number of carbonyl (C=O) groups is 1. The van der Waals surface area contributed by atoms with Gasteiger partial charge in [0.05, 0.1) is 16.0 Å². The monoisotopic (exact) mass is 364 g/mol. The van der Waals surface area contributed by atoms with Crippen molar-refractivity contribution in [3.63, 3.8) is 0 Å². The molecule has 0 saturated carbocycles. The van der Waals surface area contributed by atoms with Crippen LogP contribution < -0.4 is 5.32 Å². The molecule has 124 valence electrons. The summed E-state index contributed by atoms with van der Waals surface area (Å²) < 4.78 is 0. The Labute approximate surface area is 148 Å². The molecule has 0 aliphatic carbocycles. The van der Waals surface area contributed by atoms with Crippen molar-refractivity contribution in [3.05, 3.63) is 33.8 Å². The zero-order valence-electron chi connectivity index (χ0n) is 12.9. The smallest absolute Gasteiger partial charge is 0.227 e. The average molecular weight is 366 g/mol. The van der Waals surface area contributed by atoms with Crippen molar-refractivity contribution in [1.29, 1.82) is 0 Å². The largest absolute Gasteiger partial charge is 0.336 e. The molecule has 0 bridgehead atoms. The summed E-state index contributed by atoms with van der Waals surface area (Å²) in [7, 11) is 0. The van der Waals surface area contributed by atoms with E-state index in [1.807, 2.05) is 30.9 Å². The van der Waals surface area contributed by atoms with Gasteiger partial charge in [-0.3, -0.25) is 4.79 Å². The maximum absolute atomic E-state index is 12.7. The third-order valence-corrected chi connectivity index (χ3v) is 4.63. The highest BCUT2D eigenvalue weighted by atomic mass is 35.5. The zero-order valence-corrected chi connectivity index (χ0v) is 15.3. The van der Waals surface area contributed by atoms with Crippen LogP contribution in [0.25, 0.3) is 0 Å². The first-order valence-electron chi connectivity index (χ1n) is 7.44. The Balaban J connectivity index is 0.00000242. The molecule has 1 fully saturated rings. The molecule has 1 heterocycles. The molecule has 6 heteroatoms. The van der Waals surface area contributed by atoms with Gasteiger partial charge < -0.3 is 10.2 Å². The minimum absolute atomic E-state index is 0. The molecule has 1 aromatic rings. The molecular formula is C16H23Cl3N2O. The fourth-order valence-corrected chi connectivity index (χ4v) is 2.97. The number of amides is 1. The third kappa shape index (κ3) is 5.02. The fraction of sp³-hybridized carbons (Fsp3) is 0.562. The van der Waals surface area contributed by atoms with Crippen LogP contribution in [-0.4, -0.2) is 29.9 Å². The topological polar surface area (TPSA) is 32.3 Å². The lowest BCUT2D eigenvalue weighted by Crippen LogP contribution is -2.45. The molecule has 1 aliphatic heterocycles. The highest BCUT2D eigenvalue weighted by Gasteiger charge is 2.27. The normalized spacial score (nSPS) is 18.0. The van der Waals surface area contributed by atoms with E-state index in [2.05, 4.69) is 5.32 Å². The second-order valence-electron chi connectivity index (χ2n) is 5.85. The number of carbonyl (C=O) groups excluding carboxylic acids is 1. The van der Waals surface area contributed by atoms with Crippen molar-refractivity contribution < 1.29 is 4.79 Å². The van der Waals surface area contributed by atoms with Crippen molar-refractivity contribution in [2.45, 2.75) is 39.3 Å². The van der Waals surface area contributed by atoms with Crippen LogP contribution in [0.5, 0.6) is 0 Å². The molecule has 1 atom stereocenters. The van der Waals surface area contributed by atoms with E-state index in [4.69, 9.17) is 23.2 Å². The summed E-state index contributed by atoms with van der Waals surface area (Å²) in [6, 6.07) is 5.71. The fourth-order valence-electron chi connectivity index (χ4n) is 2.65. The lowest BCUT2D eigenvalue weighted by atomic mass is 9.97. The van der Waals surface area contributed by atoms with Crippen molar-refractivity contribution in [2.75, 3.05) is 13.1 Å². The molecule has 3 nitrogen and oxygen atoms in total. The Morgan fingerprint density at radius 2 is 2.09 bits per heavy atom. The molecule has 1 aliphatic rings. The predicted molar refractivity (Wildman–Crippen MR) is 95.0 cm³/mol. The van der Waals surface area contributed by atoms with Gasteiger partial charge in [0.2, 0.25) is 5.91 Å². The SMILES string of the molecule is CC(C)N(Cc1ccc(Cl)c(Cl)c1)C(=O)C1CCCNC1.Cl. The molecule has 22 heavy (non-hydrogen) atoms. The van der Waals surface area contributed by atoms with Gasteiger partial charge in [-0.05, 0) is 50.9 Å². The standard InChI is InChI=1S/C16H22Cl2N2O.ClH/c1-11(2)20(16(21)13-4-3-7-19-9-13)10-12-5-6-14(17)15(18)8-12;/h5-6,8,11,13,19H,3-4,7,9-10H2,1-2H3;1H. The van der Waals surface area contributed by atoms with Gasteiger partial charge in [-0.1, -0.05) is 29.3 Å². The maximum atomic E-state index is 12.7. The Morgan fingerprint density at radius 3 is 2.64 bits per heavy atom. The maximum Gasteiger partial charge on any atom is 0.227 e. The molecule has 1 amide bonds. The molecule has 1 saturated heterocycles. The van der Waals surface area contributed by atoms with Crippen LogP contribution in [0.2, 0.25) is 10.0 Å². The number of hydrogen-bond donors (Lipinski definition) is 1. The lowest BCUT2D eigenvalue weighted by molar-refractivity contribution is -0.138. The number of nitrogens with zero attached hydrogens (tertiary/aromatic N) is 1. The Bertz CT molecular complexity index is 502.